The number of nitrogens with one attached hydrogen (secondary N) is 1. The summed E-state index contributed by atoms with van der Waals surface area (Å²) in [4.78, 5) is 4.37. The molecule has 0 bridgehead atoms. The topological polar surface area (TPSA) is 29.9 Å². The predicted octanol–water partition coefficient (Wildman–Crippen LogP) is 4.31. The summed E-state index contributed by atoms with van der Waals surface area (Å²) in [6, 6.07) is 0. The van der Waals surface area contributed by atoms with Crippen LogP contribution in [0.15, 0.2) is 12.4 Å². The lowest BCUT2D eigenvalue weighted by atomic mass is 10.1. The van der Waals surface area contributed by atoms with Crippen LogP contribution in [-0.4, -0.2) is 16.1 Å². The Hall–Kier alpha value is -0.990. The van der Waals surface area contributed by atoms with E-state index in [0.717, 1.165) is 19.0 Å². The van der Waals surface area contributed by atoms with E-state index in [1.165, 1.54) is 38.5 Å². The Morgan fingerprint density at radius 2 is 1.89 bits per heavy atom. The molecule has 18 heavy (non-hydrogen) atoms. The van der Waals surface area contributed by atoms with E-state index in [-0.39, 0.29) is 0 Å². The second-order valence-corrected chi connectivity index (χ2v) is 5.49. The van der Waals surface area contributed by atoms with Crippen molar-refractivity contribution in [2.45, 2.75) is 65.8 Å². The normalized spacial score (nSPS) is 11.1. The highest BCUT2D eigenvalue weighted by Gasteiger charge is 2.02. The zero-order valence-electron chi connectivity index (χ0n) is 12.3. The number of anilines is 1. The van der Waals surface area contributed by atoms with Crippen LogP contribution in [0.5, 0.6) is 0 Å². The summed E-state index contributed by atoms with van der Waals surface area (Å²) in [5, 5.41) is 3.41. The van der Waals surface area contributed by atoms with E-state index < -0.39 is 0 Å². The maximum absolute atomic E-state index is 4.37. The molecule has 1 rings (SSSR count). The first-order valence-corrected chi connectivity index (χ1v) is 7.49. The third-order valence-electron chi connectivity index (χ3n) is 3.14. The summed E-state index contributed by atoms with van der Waals surface area (Å²) in [7, 11) is 0. The van der Waals surface area contributed by atoms with E-state index in [2.05, 4.69) is 41.8 Å². The molecule has 0 amide bonds. The number of imidazole rings is 1. The monoisotopic (exact) mass is 251 g/mol. The van der Waals surface area contributed by atoms with Crippen LogP contribution in [0.1, 0.15) is 59.3 Å². The summed E-state index contributed by atoms with van der Waals surface area (Å²) in [5.41, 5.74) is 0. The van der Waals surface area contributed by atoms with Crippen molar-refractivity contribution in [1.82, 2.24) is 9.55 Å². The first-order chi connectivity index (χ1) is 8.74. The number of aromatic nitrogens is 2. The number of aryl methyl sites for hydroxylation is 1. The van der Waals surface area contributed by atoms with Gasteiger partial charge in [-0.15, -0.1) is 0 Å². The lowest BCUT2D eigenvalue weighted by Crippen LogP contribution is -2.12. The van der Waals surface area contributed by atoms with Crippen LogP contribution < -0.4 is 5.32 Å². The molecule has 0 aliphatic heterocycles. The highest BCUT2D eigenvalue weighted by atomic mass is 15.2. The van der Waals surface area contributed by atoms with Crippen LogP contribution in [-0.2, 0) is 6.54 Å². The van der Waals surface area contributed by atoms with Crippen molar-refractivity contribution in [2.24, 2.45) is 5.92 Å². The minimum atomic E-state index is 0.657. The third kappa shape index (κ3) is 6.08. The average Bonchev–Trinajstić information content (AvgIpc) is 2.78. The van der Waals surface area contributed by atoms with Crippen molar-refractivity contribution in [2.75, 3.05) is 11.9 Å². The highest BCUT2D eigenvalue weighted by molar-refractivity contribution is 5.25. The molecule has 1 aromatic heterocycles. The Morgan fingerprint density at radius 1 is 1.17 bits per heavy atom. The van der Waals surface area contributed by atoms with Gasteiger partial charge in [0, 0.05) is 25.5 Å². The lowest BCUT2D eigenvalue weighted by Gasteiger charge is -2.11. The average molecular weight is 251 g/mol. The fourth-order valence-electron chi connectivity index (χ4n) is 2.01. The fourth-order valence-corrected chi connectivity index (χ4v) is 2.01. The quantitative estimate of drug-likeness (QED) is 0.628. The van der Waals surface area contributed by atoms with Gasteiger partial charge in [0.2, 0.25) is 5.95 Å². The Kier molecular flexibility index (Phi) is 7.54. The molecule has 1 aromatic rings. The van der Waals surface area contributed by atoms with Gasteiger partial charge in [0.25, 0.3) is 0 Å². The van der Waals surface area contributed by atoms with Gasteiger partial charge in [-0.1, -0.05) is 52.9 Å². The van der Waals surface area contributed by atoms with Crippen LogP contribution in [0.3, 0.4) is 0 Å². The van der Waals surface area contributed by atoms with Crippen LogP contribution in [0.2, 0.25) is 0 Å². The molecule has 104 valence electrons. The van der Waals surface area contributed by atoms with Gasteiger partial charge in [-0.25, -0.2) is 4.98 Å². The molecule has 0 unspecified atom stereocenters. The van der Waals surface area contributed by atoms with E-state index in [1.807, 2.05) is 6.20 Å². The van der Waals surface area contributed by atoms with Gasteiger partial charge in [0.1, 0.15) is 0 Å². The molecular weight excluding hydrogens is 222 g/mol. The number of hydrogen-bond acceptors (Lipinski definition) is 2. The zero-order valence-corrected chi connectivity index (χ0v) is 12.3. The molecule has 3 heteroatoms. The van der Waals surface area contributed by atoms with Crippen LogP contribution >= 0.6 is 0 Å². The first-order valence-electron chi connectivity index (χ1n) is 7.49. The van der Waals surface area contributed by atoms with Gasteiger partial charge >= 0.3 is 0 Å². The maximum Gasteiger partial charge on any atom is 0.202 e. The number of unbranched alkanes of at least 4 members (excludes halogenated alkanes) is 5. The highest BCUT2D eigenvalue weighted by Crippen LogP contribution is 2.10. The molecule has 3 nitrogen and oxygen atoms in total. The molecule has 1 heterocycles. The Labute approximate surface area is 112 Å². The van der Waals surface area contributed by atoms with Crippen molar-refractivity contribution in [1.29, 1.82) is 0 Å². The number of hydrogen-bond donors (Lipinski definition) is 1. The molecule has 0 aromatic carbocycles. The van der Waals surface area contributed by atoms with Gasteiger partial charge in [0.05, 0.1) is 0 Å². The largest absolute Gasteiger partial charge is 0.355 e. The Balaban J connectivity index is 2.19. The van der Waals surface area contributed by atoms with Crippen molar-refractivity contribution < 1.29 is 0 Å². The Bertz CT molecular complexity index is 304. The predicted molar refractivity (Wildman–Crippen MR) is 78.9 cm³/mol. The molecule has 0 saturated carbocycles. The minimum Gasteiger partial charge on any atom is -0.355 e. The molecule has 0 spiro atoms. The first kappa shape index (κ1) is 15.1. The number of nitrogens with zero attached hydrogens (tertiary/aromatic N) is 2. The molecule has 0 fully saturated rings. The van der Waals surface area contributed by atoms with Crippen molar-refractivity contribution in [3.63, 3.8) is 0 Å². The smallest absolute Gasteiger partial charge is 0.202 e. The lowest BCUT2D eigenvalue weighted by molar-refractivity contribution is 0.558. The van der Waals surface area contributed by atoms with Gasteiger partial charge < -0.3 is 9.88 Å². The third-order valence-corrected chi connectivity index (χ3v) is 3.14. The molecule has 0 aliphatic rings. The SMILES string of the molecule is CCCCCCCCn1ccnc1NCC(C)C. The van der Waals surface area contributed by atoms with Crippen LogP contribution in [0.4, 0.5) is 5.95 Å². The second kappa shape index (κ2) is 9.01. The molecular formula is C15H29N3. The summed E-state index contributed by atoms with van der Waals surface area (Å²) >= 11 is 0. The van der Waals surface area contributed by atoms with Crippen molar-refractivity contribution in [3.8, 4) is 0 Å². The summed E-state index contributed by atoms with van der Waals surface area (Å²) < 4.78 is 2.24. The summed E-state index contributed by atoms with van der Waals surface area (Å²) in [6.07, 6.45) is 12.0. The second-order valence-electron chi connectivity index (χ2n) is 5.49. The van der Waals surface area contributed by atoms with Gasteiger partial charge in [0.15, 0.2) is 0 Å². The summed E-state index contributed by atoms with van der Waals surface area (Å²) in [6.45, 7) is 8.78. The van der Waals surface area contributed by atoms with E-state index in [0.29, 0.717) is 5.92 Å². The molecule has 1 N–H and O–H groups in total. The van der Waals surface area contributed by atoms with Crippen molar-refractivity contribution in [3.05, 3.63) is 12.4 Å². The molecule has 0 atom stereocenters. The fraction of sp³-hybridized carbons (Fsp3) is 0.800. The van der Waals surface area contributed by atoms with Crippen LogP contribution in [0.25, 0.3) is 0 Å². The molecule has 0 saturated heterocycles. The van der Waals surface area contributed by atoms with Gasteiger partial charge in [-0.05, 0) is 12.3 Å². The maximum atomic E-state index is 4.37. The standard InChI is InChI=1S/C15H29N3/c1-4-5-6-7-8-9-11-18-12-10-16-15(18)17-13-14(2)3/h10,12,14H,4-9,11,13H2,1-3H3,(H,16,17). The number of rotatable bonds is 10. The van der Waals surface area contributed by atoms with E-state index in [4.69, 9.17) is 0 Å². The van der Waals surface area contributed by atoms with Gasteiger partial charge in [-0.3, -0.25) is 0 Å². The zero-order chi connectivity index (χ0) is 13.2. The minimum absolute atomic E-state index is 0.657. The van der Waals surface area contributed by atoms with Crippen LogP contribution in [0, 0.1) is 5.92 Å². The van der Waals surface area contributed by atoms with E-state index in [1.54, 1.807) is 0 Å². The van der Waals surface area contributed by atoms with Crippen molar-refractivity contribution >= 4 is 5.95 Å². The molecule has 0 radical (unpaired) electrons. The Morgan fingerprint density at radius 3 is 2.61 bits per heavy atom. The summed E-state index contributed by atoms with van der Waals surface area (Å²) in [5.74, 6) is 1.68. The van der Waals surface area contributed by atoms with E-state index in [9.17, 15) is 0 Å². The molecule has 0 aliphatic carbocycles. The van der Waals surface area contributed by atoms with Gasteiger partial charge in [-0.2, -0.15) is 0 Å². The van der Waals surface area contributed by atoms with E-state index >= 15 is 0 Å².